The zero-order chi connectivity index (χ0) is 15.2. The fourth-order valence-electron chi connectivity index (χ4n) is 2.46. The van der Waals surface area contributed by atoms with Crippen LogP contribution in [0.5, 0.6) is 0 Å². The number of hydrogen-bond donors (Lipinski definition) is 1. The van der Waals surface area contributed by atoms with Crippen LogP contribution in [0.3, 0.4) is 0 Å². The van der Waals surface area contributed by atoms with Crippen molar-refractivity contribution in [3.63, 3.8) is 0 Å². The van der Waals surface area contributed by atoms with Crippen LogP contribution < -0.4 is 0 Å². The Kier molecular flexibility index (Phi) is 5.54. The van der Waals surface area contributed by atoms with Gasteiger partial charge >= 0.3 is 0 Å². The largest absolute Gasteiger partial charge is 0.387 e. The minimum atomic E-state index is -0.439. The predicted molar refractivity (Wildman–Crippen MR) is 88.3 cm³/mol. The quantitative estimate of drug-likeness (QED) is 0.867. The molecular formula is C19H25NO. The van der Waals surface area contributed by atoms with Gasteiger partial charge in [0.25, 0.3) is 0 Å². The zero-order valence-electron chi connectivity index (χ0n) is 13.2. The van der Waals surface area contributed by atoms with Crippen LogP contribution in [0.25, 0.3) is 0 Å². The van der Waals surface area contributed by atoms with Crippen molar-refractivity contribution in [1.82, 2.24) is 4.90 Å². The van der Waals surface area contributed by atoms with Crippen molar-refractivity contribution >= 4 is 0 Å². The maximum Gasteiger partial charge on any atom is 0.0916 e. The van der Waals surface area contributed by atoms with Gasteiger partial charge in [-0.25, -0.2) is 0 Å². The molecule has 2 aromatic rings. The van der Waals surface area contributed by atoms with E-state index in [-0.39, 0.29) is 0 Å². The van der Waals surface area contributed by atoms with Gasteiger partial charge in [-0.3, -0.25) is 4.90 Å². The summed E-state index contributed by atoms with van der Waals surface area (Å²) in [6, 6.07) is 18.6. The molecule has 0 aromatic heterocycles. The molecule has 0 bridgehead atoms. The van der Waals surface area contributed by atoms with Crippen molar-refractivity contribution in [2.45, 2.75) is 32.4 Å². The molecular weight excluding hydrogens is 258 g/mol. The lowest BCUT2D eigenvalue weighted by atomic mass is 10.0. The van der Waals surface area contributed by atoms with E-state index in [9.17, 15) is 5.11 Å². The molecule has 21 heavy (non-hydrogen) atoms. The monoisotopic (exact) mass is 283 g/mol. The first-order chi connectivity index (χ1) is 10.1. The van der Waals surface area contributed by atoms with E-state index < -0.39 is 6.10 Å². The smallest absolute Gasteiger partial charge is 0.0916 e. The second-order valence-corrected chi connectivity index (χ2v) is 6.02. The van der Waals surface area contributed by atoms with E-state index in [1.54, 1.807) is 0 Å². The molecule has 2 rings (SSSR count). The second-order valence-electron chi connectivity index (χ2n) is 6.02. The van der Waals surface area contributed by atoms with E-state index in [1.165, 1.54) is 11.1 Å². The molecule has 0 radical (unpaired) electrons. The summed E-state index contributed by atoms with van der Waals surface area (Å²) in [5.41, 5.74) is 3.62. The van der Waals surface area contributed by atoms with E-state index in [1.807, 2.05) is 37.4 Å². The van der Waals surface area contributed by atoms with E-state index in [2.05, 4.69) is 43.0 Å². The number of hydrogen-bond acceptors (Lipinski definition) is 2. The van der Waals surface area contributed by atoms with Gasteiger partial charge in [0.05, 0.1) is 6.10 Å². The van der Waals surface area contributed by atoms with Gasteiger partial charge in [0.1, 0.15) is 0 Å². The molecule has 0 aliphatic heterocycles. The van der Waals surface area contributed by atoms with Crippen molar-refractivity contribution < 1.29 is 5.11 Å². The number of nitrogens with zero attached hydrogens (tertiary/aromatic N) is 1. The highest BCUT2D eigenvalue weighted by atomic mass is 16.3. The summed E-state index contributed by atoms with van der Waals surface area (Å²) in [6.45, 7) is 5.90. The van der Waals surface area contributed by atoms with Gasteiger partial charge in [-0.05, 0) is 29.7 Å². The van der Waals surface area contributed by atoms with Gasteiger partial charge in [-0.1, -0.05) is 68.4 Å². The molecule has 2 heteroatoms. The molecule has 0 saturated carbocycles. The number of aliphatic hydroxyl groups is 1. The summed E-state index contributed by atoms with van der Waals surface area (Å²) >= 11 is 0. The molecule has 2 nitrogen and oxygen atoms in total. The standard InChI is InChI=1S/C19H25NO/c1-15(2)17-11-9-16(10-12-17)13-20(3)14-19(21)18-7-5-4-6-8-18/h4-12,15,19,21H,13-14H2,1-3H3/t19-/m0/s1. The van der Waals surface area contributed by atoms with Crippen LogP contribution in [-0.4, -0.2) is 23.6 Å². The summed E-state index contributed by atoms with van der Waals surface area (Å²) in [5, 5.41) is 10.2. The molecule has 0 aliphatic carbocycles. The third-order valence-electron chi connectivity index (χ3n) is 3.77. The van der Waals surface area contributed by atoms with Crippen molar-refractivity contribution in [3.8, 4) is 0 Å². The first-order valence-electron chi connectivity index (χ1n) is 7.56. The summed E-state index contributed by atoms with van der Waals surface area (Å²) in [5.74, 6) is 0.566. The normalized spacial score (nSPS) is 12.9. The van der Waals surface area contributed by atoms with Gasteiger partial charge in [-0.2, -0.15) is 0 Å². The first kappa shape index (κ1) is 15.7. The minimum absolute atomic E-state index is 0.439. The molecule has 1 N–H and O–H groups in total. The Morgan fingerprint density at radius 2 is 1.52 bits per heavy atom. The van der Waals surface area contributed by atoms with Crippen molar-refractivity contribution in [3.05, 3.63) is 71.3 Å². The number of likely N-dealkylation sites (N-methyl/N-ethyl adjacent to an activating group) is 1. The molecule has 0 fully saturated rings. The van der Waals surface area contributed by atoms with Crippen molar-refractivity contribution in [2.24, 2.45) is 0 Å². The molecule has 0 spiro atoms. The lowest BCUT2D eigenvalue weighted by Crippen LogP contribution is -2.24. The van der Waals surface area contributed by atoms with Crippen molar-refractivity contribution in [1.29, 1.82) is 0 Å². The highest BCUT2D eigenvalue weighted by Gasteiger charge is 2.10. The molecule has 2 aromatic carbocycles. The predicted octanol–water partition coefficient (Wildman–Crippen LogP) is 3.98. The summed E-state index contributed by atoms with van der Waals surface area (Å²) in [7, 11) is 2.04. The number of aliphatic hydroxyl groups excluding tert-OH is 1. The van der Waals surface area contributed by atoms with Gasteiger partial charge in [0, 0.05) is 13.1 Å². The molecule has 1 atom stereocenters. The Hall–Kier alpha value is -1.64. The fraction of sp³-hybridized carbons (Fsp3) is 0.368. The van der Waals surface area contributed by atoms with Crippen LogP contribution >= 0.6 is 0 Å². The Balaban J connectivity index is 1.91. The molecule has 0 amide bonds. The number of benzene rings is 2. The van der Waals surface area contributed by atoms with E-state index in [0.29, 0.717) is 12.5 Å². The highest BCUT2D eigenvalue weighted by Crippen LogP contribution is 2.17. The lowest BCUT2D eigenvalue weighted by molar-refractivity contribution is 0.124. The van der Waals surface area contributed by atoms with E-state index in [4.69, 9.17) is 0 Å². The Morgan fingerprint density at radius 1 is 0.905 bits per heavy atom. The SMILES string of the molecule is CC(C)c1ccc(CN(C)C[C@H](O)c2ccccc2)cc1. The van der Waals surface area contributed by atoms with E-state index in [0.717, 1.165) is 12.1 Å². The summed E-state index contributed by atoms with van der Waals surface area (Å²) in [6.07, 6.45) is -0.439. The average molecular weight is 283 g/mol. The molecule has 0 heterocycles. The van der Waals surface area contributed by atoms with Crippen LogP contribution in [0.15, 0.2) is 54.6 Å². The lowest BCUT2D eigenvalue weighted by Gasteiger charge is -2.21. The topological polar surface area (TPSA) is 23.5 Å². The minimum Gasteiger partial charge on any atom is -0.387 e. The Morgan fingerprint density at radius 3 is 2.10 bits per heavy atom. The maximum absolute atomic E-state index is 10.2. The van der Waals surface area contributed by atoms with Gasteiger partial charge in [0.2, 0.25) is 0 Å². The third-order valence-corrected chi connectivity index (χ3v) is 3.77. The summed E-state index contributed by atoms with van der Waals surface area (Å²) in [4.78, 5) is 2.15. The van der Waals surface area contributed by atoms with Crippen LogP contribution in [0.1, 0.15) is 42.6 Å². The molecule has 0 saturated heterocycles. The Bertz CT molecular complexity index is 533. The molecule has 112 valence electrons. The average Bonchev–Trinajstić information content (AvgIpc) is 2.48. The Labute approximate surface area is 128 Å². The van der Waals surface area contributed by atoms with Crippen LogP contribution in [0.4, 0.5) is 0 Å². The highest BCUT2D eigenvalue weighted by molar-refractivity contribution is 5.24. The molecule has 0 unspecified atom stereocenters. The fourth-order valence-corrected chi connectivity index (χ4v) is 2.46. The van der Waals surface area contributed by atoms with Crippen LogP contribution in [0, 0.1) is 0 Å². The van der Waals surface area contributed by atoms with Gasteiger partial charge in [-0.15, -0.1) is 0 Å². The maximum atomic E-state index is 10.2. The number of rotatable bonds is 6. The van der Waals surface area contributed by atoms with E-state index >= 15 is 0 Å². The van der Waals surface area contributed by atoms with Crippen molar-refractivity contribution in [2.75, 3.05) is 13.6 Å². The first-order valence-corrected chi connectivity index (χ1v) is 7.56. The van der Waals surface area contributed by atoms with Crippen LogP contribution in [-0.2, 0) is 6.54 Å². The summed E-state index contributed by atoms with van der Waals surface area (Å²) < 4.78 is 0. The van der Waals surface area contributed by atoms with Gasteiger partial charge < -0.3 is 5.11 Å². The third kappa shape index (κ3) is 4.69. The molecule has 0 aliphatic rings. The zero-order valence-corrected chi connectivity index (χ0v) is 13.2. The second kappa shape index (κ2) is 7.39. The van der Waals surface area contributed by atoms with Gasteiger partial charge in [0.15, 0.2) is 0 Å². The van der Waals surface area contributed by atoms with Crippen LogP contribution in [0.2, 0.25) is 0 Å².